The summed E-state index contributed by atoms with van der Waals surface area (Å²) in [6.07, 6.45) is 1.93. The summed E-state index contributed by atoms with van der Waals surface area (Å²) in [5, 5.41) is 6.95. The van der Waals surface area contributed by atoms with E-state index in [1.807, 2.05) is 25.8 Å². The molecule has 6 heteroatoms. The molecule has 1 amide bonds. The van der Waals surface area contributed by atoms with Crippen molar-refractivity contribution in [1.29, 1.82) is 0 Å². The Morgan fingerprint density at radius 1 is 1.19 bits per heavy atom. The number of hydrogen-bond donors (Lipinski definition) is 2. The van der Waals surface area contributed by atoms with Gasteiger partial charge >= 0.3 is 0 Å². The first-order valence-electron chi connectivity index (χ1n) is 9.73. The fourth-order valence-electron chi connectivity index (χ4n) is 3.26. The third-order valence-electron chi connectivity index (χ3n) is 5.09. The number of benzene rings is 1. The van der Waals surface area contributed by atoms with E-state index in [1.165, 1.54) is 11.1 Å². The molecule has 1 aliphatic heterocycles. The van der Waals surface area contributed by atoms with Gasteiger partial charge in [0.1, 0.15) is 0 Å². The normalized spacial score (nSPS) is 16.7. The molecule has 0 aliphatic carbocycles. The Hall–Kier alpha value is -1.31. The van der Waals surface area contributed by atoms with Gasteiger partial charge in [-0.15, -0.1) is 24.0 Å². The summed E-state index contributed by atoms with van der Waals surface area (Å²) in [6, 6.07) is 9.07. The van der Waals surface area contributed by atoms with Crippen LogP contribution < -0.4 is 10.6 Å². The maximum Gasteiger partial charge on any atom is 0.225 e. The van der Waals surface area contributed by atoms with E-state index < -0.39 is 0 Å². The van der Waals surface area contributed by atoms with Crippen molar-refractivity contribution in [2.24, 2.45) is 10.9 Å². The molecule has 0 radical (unpaired) electrons. The number of hydrogen-bond acceptors (Lipinski definition) is 2. The molecule has 2 rings (SSSR count). The lowest BCUT2D eigenvalue weighted by atomic mass is 10.00. The third-order valence-corrected chi connectivity index (χ3v) is 5.09. The maximum atomic E-state index is 12.1. The zero-order valence-electron chi connectivity index (χ0n) is 17.3. The van der Waals surface area contributed by atoms with Gasteiger partial charge < -0.3 is 15.5 Å². The van der Waals surface area contributed by atoms with Crippen LogP contribution >= 0.6 is 24.0 Å². The number of guanidine groups is 1. The van der Waals surface area contributed by atoms with Gasteiger partial charge in [-0.25, -0.2) is 0 Å². The Morgan fingerprint density at radius 3 is 2.30 bits per heavy atom. The van der Waals surface area contributed by atoms with Crippen LogP contribution in [0.2, 0.25) is 0 Å². The van der Waals surface area contributed by atoms with Gasteiger partial charge in [0.15, 0.2) is 5.96 Å². The molecule has 1 heterocycles. The molecule has 0 spiro atoms. The molecule has 0 aromatic heterocycles. The minimum atomic E-state index is 0. The van der Waals surface area contributed by atoms with Crippen molar-refractivity contribution >= 4 is 35.8 Å². The first-order valence-corrected chi connectivity index (χ1v) is 9.73. The predicted molar refractivity (Wildman–Crippen MR) is 124 cm³/mol. The number of amides is 1. The number of carbonyl (C=O) groups excluding carboxylic acids is 1. The van der Waals surface area contributed by atoms with Crippen LogP contribution in [0.15, 0.2) is 29.3 Å². The Balaban J connectivity index is 0.00000364. The Bertz CT molecular complexity index is 607. The van der Waals surface area contributed by atoms with E-state index in [1.54, 1.807) is 0 Å². The lowest BCUT2D eigenvalue weighted by Crippen LogP contribution is -2.50. The summed E-state index contributed by atoms with van der Waals surface area (Å²) in [4.78, 5) is 18.4. The van der Waals surface area contributed by atoms with Gasteiger partial charge in [-0.05, 0) is 31.2 Å². The zero-order valence-corrected chi connectivity index (χ0v) is 19.6. The van der Waals surface area contributed by atoms with Crippen LogP contribution in [0.3, 0.4) is 0 Å². The van der Waals surface area contributed by atoms with Gasteiger partial charge in [-0.3, -0.25) is 9.79 Å². The second-order valence-corrected chi connectivity index (χ2v) is 7.66. The number of aryl methyl sites for hydroxylation is 1. The van der Waals surface area contributed by atoms with E-state index in [-0.39, 0.29) is 35.8 Å². The first-order chi connectivity index (χ1) is 12.4. The summed E-state index contributed by atoms with van der Waals surface area (Å²) < 4.78 is 0. The molecule has 2 N–H and O–H groups in total. The number of aliphatic imine (C=N–C) groups is 1. The van der Waals surface area contributed by atoms with Crippen molar-refractivity contribution in [2.45, 2.75) is 52.5 Å². The van der Waals surface area contributed by atoms with Crippen molar-refractivity contribution < 1.29 is 4.79 Å². The third kappa shape index (κ3) is 7.31. The highest BCUT2D eigenvalue weighted by Gasteiger charge is 2.24. The van der Waals surface area contributed by atoms with Crippen molar-refractivity contribution in [3.63, 3.8) is 0 Å². The molecular weight excluding hydrogens is 451 g/mol. The molecule has 27 heavy (non-hydrogen) atoms. The molecule has 152 valence electrons. The fourth-order valence-corrected chi connectivity index (χ4v) is 3.26. The number of halogens is 1. The zero-order chi connectivity index (χ0) is 19.1. The van der Waals surface area contributed by atoms with Gasteiger partial charge in [0.2, 0.25) is 5.91 Å². The molecule has 0 saturated carbocycles. The van der Waals surface area contributed by atoms with Crippen LogP contribution in [0.25, 0.3) is 0 Å². The molecule has 1 saturated heterocycles. The van der Waals surface area contributed by atoms with Crippen LogP contribution in [0.4, 0.5) is 0 Å². The summed E-state index contributed by atoms with van der Waals surface area (Å²) in [6.45, 7) is 10.8. The summed E-state index contributed by atoms with van der Waals surface area (Å²) in [5.41, 5.74) is 2.62. The lowest BCUT2D eigenvalue weighted by molar-refractivity contribution is -0.135. The smallest absolute Gasteiger partial charge is 0.225 e. The molecule has 5 nitrogen and oxygen atoms in total. The second kappa shape index (κ2) is 11.5. The van der Waals surface area contributed by atoms with Crippen molar-refractivity contribution in [2.75, 3.05) is 26.7 Å². The summed E-state index contributed by atoms with van der Waals surface area (Å²) in [5.74, 6) is 1.60. The van der Waals surface area contributed by atoms with E-state index in [0.717, 1.165) is 38.4 Å². The highest BCUT2D eigenvalue weighted by molar-refractivity contribution is 14.0. The second-order valence-electron chi connectivity index (χ2n) is 7.66. The van der Waals surface area contributed by atoms with Crippen LogP contribution in [0, 0.1) is 12.8 Å². The van der Waals surface area contributed by atoms with Gasteiger partial charge in [-0.1, -0.05) is 50.6 Å². The Labute approximate surface area is 181 Å². The number of nitrogens with zero attached hydrogens (tertiary/aromatic N) is 2. The minimum Gasteiger partial charge on any atom is -0.356 e. The standard InChI is InChI=1S/C21H34N4O.HI/c1-15(2)20(26)25-12-10-19(11-13-25)24-21(22-5)23-14-17(4)18-8-6-16(3)7-9-18;/h6-9,15,17,19H,10-14H2,1-5H3,(H2,22,23,24);1H. The van der Waals surface area contributed by atoms with Crippen molar-refractivity contribution in [1.82, 2.24) is 15.5 Å². The molecule has 0 bridgehead atoms. The van der Waals surface area contributed by atoms with Crippen molar-refractivity contribution in [3.05, 3.63) is 35.4 Å². The number of piperidine rings is 1. The molecule has 1 unspecified atom stereocenters. The SMILES string of the molecule is CN=C(NCC(C)c1ccc(C)cc1)NC1CCN(C(=O)C(C)C)CC1.I. The molecule has 1 aromatic carbocycles. The van der Waals surface area contributed by atoms with Crippen LogP contribution in [0.1, 0.15) is 50.7 Å². The van der Waals surface area contributed by atoms with Crippen molar-refractivity contribution in [3.8, 4) is 0 Å². The lowest BCUT2D eigenvalue weighted by Gasteiger charge is -2.34. The molecule has 1 fully saturated rings. The molecule has 1 aromatic rings. The van der Waals surface area contributed by atoms with Gasteiger partial charge in [0, 0.05) is 38.6 Å². The molecular formula is C21H35IN4O. The first kappa shape index (κ1) is 23.7. The van der Waals surface area contributed by atoms with E-state index in [2.05, 4.69) is 53.7 Å². The maximum absolute atomic E-state index is 12.1. The highest BCUT2D eigenvalue weighted by Crippen LogP contribution is 2.15. The fraction of sp³-hybridized carbons (Fsp3) is 0.619. The quantitative estimate of drug-likeness (QED) is 0.381. The van der Waals surface area contributed by atoms with Crippen LogP contribution in [-0.2, 0) is 4.79 Å². The van der Waals surface area contributed by atoms with E-state index in [9.17, 15) is 4.79 Å². The van der Waals surface area contributed by atoms with Gasteiger partial charge in [0.05, 0.1) is 0 Å². The van der Waals surface area contributed by atoms with E-state index >= 15 is 0 Å². The molecule has 1 atom stereocenters. The Morgan fingerprint density at radius 2 is 1.78 bits per heavy atom. The highest BCUT2D eigenvalue weighted by atomic mass is 127. The monoisotopic (exact) mass is 486 g/mol. The largest absolute Gasteiger partial charge is 0.356 e. The summed E-state index contributed by atoms with van der Waals surface area (Å²) in [7, 11) is 1.81. The number of rotatable bonds is 5. The van der Waals surface area contributed by atoms with Crippen LogP contribution in [0.5, 0.6) is 0 Å². The average Bonchev–Trinajstić information content (AvgIpc) is 2.65. The molecule has 1 aliphatic rings. The number of carbonyl (C=O) groups is 1. The van der Waals surface area contributed by atoms with Gasteiger partial charge in [-0.2, -0.15) is 0 Å². The van der Waals surface area contributed by atoms with E-state index in [0.29, 0.717) is 12.0 Å². The van der Waals surface area contributed by atoms with Crippen LogP contribution in [-0.4, -0.2) is 49.5 Å². The topological polar surface area (TPSA) is 56.7 Å². The van der Waals surface area contributed by atoms with E-state index in [4.69, 9.17) is 0 Å². The van der Waals surface area contributed by atoms with Gasteiger partial charge in [0.25, 0.3) is 0 Å². The predicted octanol–water partition coefficient (Wildman–Crippen LogP) is 3.53. The minimum absolute atomic E-state index is 0. The number of likely N-dealkylation sites (tertiary alicyclic amines) is 1. The average molecular weight is 486 g/mol. The Kier molecular flexibility index (Phi) is 10.1. The number of nitrogens with one attached hydrogen (secondary N) is 2. The summed E-state index contributed by atoms with van der Waals surface area (Å²) >= 11 is 0.